The molecular formula is C39H41N3+2. The zero-order chi connectivity index (χ0) is 29.1. The van der Waals surface area contributed by atoms with E-state index in [1.807, 2.05) is 0 Å². The van der Waals surface area contributed by atoms with Gasteiger partial charge in [-0.2, -0.15) is 0 Å². The number of hydrogen-bond donors (Lipinski definition) is 0. The summed E-state index contributed by atoms with van der Waals surface area (Å²) in [5, 5.41) is 0. The van der Waals surface area contributed by atoms with E-state index in [-0.39, 0.29) is 0 Å². The predicted octanol–water partition coefficient (Wildman–Crippen LogP) is 7.85. The fourth-order valence-corrected chi connectivity index (χ4v) is 5.08. The molecule has 0 aliphatic carbocycles. The SMILES string of the molecule is CCN(CC)c1ccc(/C=C/c2cc[n+](Cc3ccccc3C[n+]3ccc(/C=C/c4ccc(C)cc4)cc3)cc2)cc1. The van der Waals surface area contributed by atoms with Gasteiger partial charge in [0.1, 0.15) is 0 Å². The minimum Gasteiger partial charge on any atom is -0.372 e. The van der Waals surface area contributed by atoms with Crippen LogP contribution in [0.3, 0.4) is 0 Å². The first kappa shape index (κ1) is 28.8. The van der Waals surface area contributed by atoms with Gasteiger partial charge in [0.05, 0.1) is 0 Å². The molecule has 3 heteroatoms. The van der Waals surface area contributed by atoms with Crippen LogP contribution in [0.5, 0.6) is 0 Å². The first-order valence-electron chi connectivity index (χ1n) is 14.9. The molecule has 0 saturated carbocycles. The van der Waals surface area contributed by atoms with E-state index in [1.165, 1.54) is 44.6 Å². The molecule has 0 amide bonds. The molecule has 0 bridgehead atoms. The Labute approximate surface area is 251 Å². The van der Waals surface area contributed by atoms with Crippen LogP contribution >= 0.6 is 0 Å². The lowest BCUT2D eigenvalue weighted by atomic mass is 10.1. The molecule has 0 aliphatic heterocycles. The maximum atomic E-state index is 2.36. The van der Waals surface area contributed by atoms with Gasteiger partial charge in [0.2, 0.25) is 0 Å². The molecule has 0 unspecified atom stereocenters. The van der Waals surface area contributed by atoms with Crippen molar-refractivity contribution in [3.8, 4) is 0 Å². The fraction of sp³-hybridized carbons (Fsp3) is 0.179. The molecule has 42 heavy (non-hydrogen) atoms. The zero-order valence-electron chi connectivity index (χ0n) is 25.0. The average Bonchev–Trinajstić information content (AvgIpc) is 3.03. The molecule has 3 aromatic carbocycles. The van der Waals surface area contributed by atoms with Gasteiger partial charge in [0, 0.05) is 54.2 Å². The molecule has 0 spiro atoms. The molecule has 210 valence electrons. The normalized spacial score (nSPS) is 11.4. The maximum absolute atomic E-state index is 2.36. The van der Waals surface area contributed by atoms with E-state index in [4.69, 9.17) is 0 Å². The number of hydrogen-bond acceptors (Lipinski definition) is 1. The maximum Gasteiger partial charge on any atom is 0.174 e. The van der Waals surface area contributed by atoms with E-state index in [0.29, 0.717) is 0 Å². The highest BCUT2D eigenvalue weighted by molar-refractivity contribution is 5.70. The van der Waals surface area contributed by atoms with Gasteiger partial charge in [-0.1, -0.05) is 90.5 Å². The van der Waals surface area contributed by atoms with Crippen molar-refractivity contribution in [1.82, 2.24) is 0 Å². The molecule has 5 aromatic rings. The van der Waals surface area contributed by atoms with Crippen LogP contribution in [0.15, 0.2) is 122 Å². The van der Waals surface area contributed by atoms with Crippen molar-refractivity contribution in [2.45, 2.75) is 33.9 Å². The summed E-state index contributed by atoms with van der Waals surface area (Å²) in [7, 11) is 0. The highest BCUT2D eigenvalue weighted by Gasteiger charge is 2.11. The molecule has 0 radical (unpaired) electrons. The largest absolute Gasteiger partial charge is 0.372 e. The van der Waals surface area contributed by atoms with Gasteiger partial charge in [-0.3, -0.25) is 0 Å². The number of nitrogens with zero attached hydrogens (tertiary/aromatic N) is 3. The minimum atomic E-state index is 0.838. The highest BCUT2D eigenvalue weighted by Crippen LogP contribution is 2.17. The van der Waals surface area contributed by atoms with Crippen molar-refractivity contribution in [3.63, 3.8) is 0 Å². The Kier molecular flexibility index (Phi) is 9.74. The van der Waals surface area contributed by atoms with Crippen molar-refractivity contribution >= 4 is 30.0 Å². The average molecular weight is 552 g/mol. The van der Waals surface area contributed by atoms with Gasteiger partial charge in [-0.25, -0.2) is 9.13 Å². The number of pyridine rings is 2. The molecule has 3 nitrogen and oxygen atoms in total. The molecule has 0 aliphatic rings. The second-order valence-electron chi connectivity index (χ2n) is 10.7. The zero-order valence-corrected chi connectivity index (χ0v) is 25.0. The number of rotatable bonds is 11. The van der Waals surface area contributed by atoms with Gasteiger partial charge in [-0.05, 0) is 55.2 Å². The molecule has 2 heterocycles. The number of aromatic nitrogens is 2. The Hall–Kier alpha value is -4.76. The monoisotopic (exact) mass is 551 g/mol. The second-order valence-corrected chi connectivity index (χ2v) is 10.7. The molecule has 0 atom stereocenters. The van der Waals surface area contributed by atoms with Gasteiger partial charge < -0.3 is 4.90 Å². The van der Waals surface area contributed by atoms with E-state index >= 15 is 0 Å². The second kappa shape index (κ2) is 14.2. The summed E-state index contributed by atoms with van der Waals surface area (Å²) in [6.45, 7) is 10.2. The standard InChI is InChI=1S/C39H41N3/c1-4-42(5-2)39-20-18-34(19-21-39)15-17-36-24-28-41(29-25-36)31-38-9-7-6-8-37(38)30-40-26-22-35(23-27-40)16-14-33-12-10-32(3)11-13-33/h6-29H,4-5,30-31H2,1-3H3/q+2/b16-14+. The summed E-state index contributed by atoms with van der Waals surface area (Å²) >= 11 is 0. The predicted molar refractivity (Wildman–Crippen MR) is 177 cm³/mol. The summed E-state index contributed by atoms with van der Waals surface area (Å²) in [5.41, 5.74) is 10.0. The Morgan fingerprint density at radius 3 is 1.29 bits per heavy atom. The molecule has 0 fully saturated rings. The Morgan fingerprint density at radius 1 is 0.500 bits per heavy atom. The third kappa shape index (κ3) is 7.92. The summed E-state index contributed by atoms with van der Waals surface area (Å²) in [6.07, 6.45) is 17.4. The van der Waals surface area contributed by atoms with Gasteiger partial charge >= 0.3 is 0 Å². The Balaban J connectivity index is 1.20. The summed E-state index contributed by atoms with van der Waals surface area (Å²) in [4.78, 5) is 2.36. The lowest BCUT2D eigenvalue weighted by molar-refractivity contribution is -0.693. The molecular weight excluding hydrogens is 510 g/mol. The van der Waals surface area contributed by atoms with Crippen LogP contribution in [0.1, 0.15) is 52.8 Å². The van der Waals surface area contributed by atoms with Gasteiger partial charge in [-0.15, -0.1) is 0 Å². The van der Waals surface area contributed by atoms with Crippen LogP contribution in [0.4, 0.5) is 5.69 Å². The quantitative estimate of drug-likeness (QED) is 0.152. The highest BCUT2D eigenvalue weighted by atomic mass is 15.1. The summed E-state index contributed by atoms with van der Waals surface area (Å²) < 4.78 is 4.49. The van der Waals surface area contributed by atoms with Crippen LogP contribution in [0, 0.1) is 6.92 Å². The van der Waals surface area contributed by atoms with Crippen molar-refractivity contribution in [1.29, 1.82) is 0 Å². The first-order valence-corrected chi connectivity index (χ1v) is 14.9. The van der Waals surface area contributed by atoms with Crippen molar-refractivity contribution in [2.24, 2.45) is 0 Å². The number of benzene rings is 3. The van der Waals surface area contributed by atoms with Crippen LogP contribution < -0.4 is 14.0 Å². The van der Waals surface area contributed by atoms with Crippen LogP contribution in [0.2, 0.25) is 0 Å². The Morgan fingerprint density at radius 2 is 0.881 bits per heavy atom. The van der Waals surface area contributed by atoms with E-state index < -0.39 is 0 Å². The lowest BCUT2D eigenvalue weighted by Gasteiger charge is -2.20. The Bertz CT molecular complexity index is 1610. The lowest BCUT2D eigenvalue weighted by Crippen LogP contribution is -2.36. The smallest absolute Gasteiger partial charge is 0.174 e. The molecule has 5 rings (SSSR count). The number of anilines is 1. The molecule has 0 N–H and O–H groups in total. The van der Waals surface area contributed by atoms with Crippen LogP contribution in [-0.2, 0) is 13.1 Å². The fourth-order valence-electron chi connectivity index (χ4n) is 5.08. The third-order valence-electron chi connectivity index (χ3n) is 7.69. The first-order chi connectivity index (χ1) is 20.6. The van der Waals surface area contributed by atoms with Gasteiger partial charge in [0.25, 0.3) is 0 Å². The topological polar surface area (TPSA) is 11.0 Å². The van der Waals surface area contributed by atoms with Crippen molar-refractivity contribution < 1.29 is 9.13 Å². The van der Waals surface area contributed by atoms with Crippen molar-refractivity contribution in [3.05, 3.63) is 161 Å². The minimum absolute atomic E-state index is 0.838. The summed E-state index contributed by atoms with van der Waals surface area (Å²) in [6, 6.07) is 34.8. The van der Waals surface area contributed by atoms with E-state index in [0.717, 1.165) is 26.2 Å². The number of aryl methyl sites for hydroxylation is 1. The van der Waals surface area contributed by atoms with E-state index in [9.17, 15) is 0 Å². The van der Waals surface area contributed by atoms with E-state index in [1.54, 1.807) is 0 Å². The molecule has 2 aromatic heterocycles. The third-order valence-corrected chi connectivity index (χ3v) is 7.69. The van der Waals surface area contributed by atoms with Crippen LogP contribution in [-0.4, -0.2) is 13.1 Å². The molecule has 0 saturated heterocycles. The van der Waals surface area contributed by atoms with E-state index in [2.05, 4.69) is 181 Å². The van der Waals surface area contributed by atoms with Crippen LogP contribution in [0.25, 0.3) is 24.3 Å². The summed E-state index contributed by atoms with van der Waals surface area (Å²) in [5.74, 6) is 0. The van der Waals surface area contributed by atoms with Gasteiger partial charge in [0.15, 0.2) is 37.9 Å². The van der Waals surface area contributed by atoms with Crippen molar-refractivity contribution in [2.75, 3.05) is 18.0 Å².